The Kier molecular flexibility index (Phi) is 3.04. The van der Waals surface area contributed by atoms with Crippen LogP contribution in [0.1, 0.15) is 19.3 Å². The Balaban J connectivity index is 1.88. The van der Waals surface area contributed by atoms with Gasteiger partial charge in [0.15, 0.2) is 7.98 Å². The fraction of sp³-hybridized carbons (Fsp3) is 0.500. The molecule has 14 heavy (non-hydrogen) atoms. The molecule has 1 heterocycles. The number of hydrogen-bond donors (Lipinski definition) is 2. The molecule has 1 aromatic heterocycles. The average Bonchev–Trinajstić information content (AvgIpc) is 2.67. The van der Waals surface area contributed by atoms with Crippen molar-refractivity contribution in [1.29, 1.82) is 0 Å². The summed E-state index contributed by atoms with van der Waals surface area (Å²) in [4.78, 5) is 4.26. The zero-order chi connectivity index (χ0) is 9.80. The van der Waals surface area contributed by atoms with Gasteiger partial charge in [0.1, 0.15) is 5.82 Å². The first-order chi connectivity index (χ1) is 6.88. The summed E-state index contributed by atoms with van der Waals surface area (Å²) >= 11 is 0. The molecule has 1 aliphatic carbocycles. The van der Waals surface area contributed by atoms with Crippen molar-refractivity contribution in [2.24, 2.45) is 0 Å². The van der Waals surface area contributed by atoms with E-state index in [1.165, 1.54) is 19.3 Å². The van der Waals surface area contributed by atoms with Crippen molar-refractivity contribution in [3.63, 3.8) is 0 Å². The summed E-state index contributed by atoms with van der Waals surface area (Å²) in [6.07, 6.45) is 5.53. The zero-order valence-electron chi connectivity index (χ0n) is 8.53. The van der Waals surface area contributed by atoms with E-state index in [4.69, 9.17) is 0 Å². The summed E-state index contributed by atoms with van der Waals surface area (Å²) in [5, 5.41) is 6.77. The first kappa shape index (κ1) is 9.53. The van der Waals surface area contributed by atoms with Gasteiger partial charge in [-0.05, 0) is 37.4 Å². The maximum absolute atomic E-state index is 4.26. The molecule has 74 valence electrons. The van der Waals surface area contributed by atoms with Crippen LogP contribution in [0.5, 0.6) is 0 Å². The lowest BCUT2D eigenvalue weighted by Gasteiger charge is -2.13. The first-order valence-electron chi connectivity index (χ1n) is 5.23. The summed E-state index contributed by atoms with van der Waals surface area (Å²) in [7, 11) is 2.04. The Labute approximate surface area is 85.7 Å². The highest BCUT2D eigenvalue weighted by Crippen LogP contribution is 2.21. The maximum Gasteiger partial charge on any atom is 0.182 e. The van der Waals surface area contributed by atoms with Crippen LogP contribution < -0.4 is 10.5 Å². The number of pyridine rings is 1. The predicted molar refractivity (Wildman–Crippen MR) is 61.0 cm³/mol. The third kappa shape index (κ3) is 2.26. The van der Waals surface area contributed by atoms with E-state index < -0.39 is 0 Å². The van der Waals surface area contributed by atoms with Gasteiger partial charge in [0.25, 0.3) is 0 Å². The zero-order valence-corrected chi connectivity index (χ0v) is 8.53. The molecule has 1 fully saturated rings. The average molecular weight is 189 g/mol. The number of aromatic nitrogens is 1. The van der Waals surface area contributed by atoms with Crippen LogP contribution in [0.25, 0.3) is 0 Å². The van der Waals surface area contributed by atoms with Gasteiger partial charge in [-0.1, -0.05) is 6.07 Å². The van der Waals surface area contributed by atoms with Crippen molar-refractivity contribution in [3.05, 3.63) is 24.4 Å². The Hall–Kier alpha value is -1.03. The molecule has 2 unspecified atom stereocenters. The molecule has 1 saturated carbocycles. The van der Waals surface area contributed by atoms with E-state index in [9.17, 15) is 0 Å². The third-order valence-corrected chi connectivity index (χ3v) is 2.86. The van der Waals surface area contributed by atoms with Gasteiger partial charge in [0.2, 0.25) is 0 Å². The molecule has 0 aromatic carbocycles. The number of anilines is 1. The summed E-state index contributed by atoms with van der Waals surface area (Å²) in [6.45, 7) is 0. The summed E-state index contributed by atoms with van der Waals surface area (Å²) < 4.78 is 0. The van der Waals surface area contributed by atoms with Gasteiger partial charge in [-0.15, -0.1) is 0 Å². The second-order valence-corrected chi connectivity index (χ2v) is 3.85. The highest BCUT2D eigenvalue weighted by Gasteiger charge is 2.22. The minimum atomic E-state index is 0.586. The van der Waals surface area contributed by atoms with Crippen molar-refractivity contribution in [3.8, 4) is 0 Å². The largest absolute Gasteiger partial charge is 0.367 e. The van der Waals surface area contributed by atoms with Gasteiger partial charge in [0, 0.05) is 12.2 Å². The molecule has 1 aromatic rings. The Morgan fingerprint density at radius 2 is 2.14 bits per heavy atom. The van der Waals surface area contributed by atoms with Gasteiger partial charge in [0.05, 0.1) is 0 Å². The molecular formula is C10H16BN3. The molecule has 0 amide bonds. The number of rotatable bonds is 3. The van der Waals surface area contributed by atoms with Gasteiger partial charge < -0.3 is 10.5 Å². The van der Waals surface area contributed by atoms with Crippen molar-refractivity contribution in [1.82, 2.24) is 10.2 Å². The van der Waals surface area contributed by atoms with E-state index in [0.717, 1.165) is 5.82 Å². The van der Waals surface area contributed by atoms with Crippen LogP contribution in [-0.4, -0.2) is 25.0 Å². The topological polar surface area (TPSA) is 37.0 Å². The molecule has 0 spiro atoms. The van der Waals surface area contributed by atoms with E-state index in [0.29, 0.717) is 12.1 Å². The van der Waals surface area contributed by atoms with Crippen molar-refractivity contribution < 1.29 is 0 Å². The van der Waals surface area contributed by atoms with Gasteiger partial charge in [-0.2, -0.15) is 0 Å². The SMILES string of the molecule is BNC1CCC(Nc2ccccn2)C1. The Morgan fingerprint density at radius 3 is 2.79 bits per heavy atom. The molecule has 2 N–H and O–H groups in total. The second kappa shape index (κ2) is 4.46. The van der Waals surface area contributed by atoms with Gasteiger partial charge in [-0.3, -0.25) is 0 Å². The smallest absolute Gasteiger partial charge is 0.182 e. The van der Waals surface area contributed by atoms with E-state index in [1.54, 1.807) is 0 Å². The molecule has 1 aliphatic rings. The lowest BCUT2D eigenvalue weighted by atomic mass is 10.2. The summed E-state index contributed by atoms with van der Waals surface area (Å²) in [6, 6.07) is 7.24. The standard InChI is InChI=1S/C10H16BN3/c11-14-9-5-4-8(7-9)13-10-3-1-2-6-12-10/h1-3,6,8-9,14H,4-5,7,11H2,(H,12,13). The van der Waals surface area contributed by atoms with E-state index in [1.807, 2.05) is 32.4 Å². The lowest BCUT2D eigenvalue weighted by Crippen LogP contribution is -2.25. The quantitative estimate of drug-likeness (QED) is 0.682. The third-order valence-electron chi connectivity index (χ3n) is 2.86. The predicted octanol–water partition coefficient (Wildman–Crippen LogP) is 0.552. The van der Waals surface area contributed by atoms with E-state index in [2.05, 4.69) is 15.5 Å². The molecule has 2 rings (SSSR count). The Morgan fingerprint density at radius 1 is 1.29 bits per heavy atom. The van der Waals surface area contributed by atoms with Crippen LogP contribution in [0.3, 0.4) is 0 Å². The molecule has 4 heteroatoms. The lowest BCUT2D eigenvalue weighted by molar-refractivity contribution is 0.639. The molecule has 0 radical (unpaired) electrons. The fourth-order valence-electron chi connectivity index (χ4n) is 2.03. The second-order valence-electron chi connectivity index (χ2n) is 3.85. The monoisotopic (exact) mass is 189 g/mol. The van der Waals surface area contributed by atoms with Gasteiger partial charge >= 0.3 is 0 Å². The van der Waals surface area contributed by atoms with E-state index in [-0.39, 0.29) is 0 Å². The highest BCUT2D eigenvalue weighted by atomic mass is 15.0. The molecule has 3 nitrogen and oxygen atoms in total. The minimum Gasteiger partial charge on any atom is -0.367 e. The molecular weight excluding hydrogens is 173 g/mol. The number of nitrogens with zero attached hydrogens (tertiary/aromatic N) is 1. The van der Waals surface area contributed by atoms with Crippen molar-refractivity contribution in [2.45, 2.75) is 31.3 Å². The summed E-state index contributed by atoms with van der Waals surface area (Å²) in [5.74, 6) is 0.995. The van der Waals surface area contributed by atoms with Crippen LogP contribution in [0.2, 0.25) is 0 Å². The number of hydrogen-bond acceptors (Lipinski definition) is 3. The van der Waals surface area contributed by atoms with Crippen LogP contribution >= 0.6 is 0 Å². The highest BCUT2D eigenvalue weighted by molar-refractivity contribution is 6.04. The van der Waals surface area contributed by atoms with Crippen LogP contribution in [-0.2, 0) is 0 Å². The molecule has 0 bridgehead atoms. The fourth-order valence-corrected chi connectivity index (χ4v) is 2.03. The van der Waals surface area contributed by atoms with Crippen molar-refractivity contribution >= 4 is 13.8 Å². The Bertz CT molecular complexity index is 278. The van der Waals surface area contributed by atoms with Gasteiger partial charge in [-0.25, -0.2) is 4.98 Å². The minimum absolute atomic E-state index is 0.586. The molecule has 0 aliphatic heterocycles. The summed E-state index contributed by atoms with van der Waals surface area (Å²) in [5.41, 5.74) is 0. The normalized spacial score (nSPS) is 26.3. The van der Waals surface area contributed by atoms with Crippen LogP contribution in [0.4, 0.5) is 5.82 Å². The number of nitrogens with one attached hydrogen (secondary N) is 2. The van der Waals surface area contributed by atoms with Crippen molar-refractivity contribution in [2.75, 3.05) is 5.32 Å². The van der Waals surface area contributed by atoms with Crippen LogP contribution in [0.15, 0.2) is 24.4 Å². The van der Waals surface area contributed by atoms with E-state index >= 15 is 0 Å². The first-order valence-corrected chi connectivity index (χ1v) is 5.23. The maximum atomic E-state index is 4.26. The molecule has 0 saturated heterocycles. The molecule has 2 atom stereocenters. The van der Waals surface area contributed by atoms with Crippen LogP contribution in [0, 0.1) is 0 Å².